The zero-order valence-corrected chi connectivity index (χ0v) is 11.7. The van der Waals surface area contributed by atoms with Gasteiger partial charge in [0.1, 0.15) is 0 Å². The topological polar surface area (TPSA) is 15.3 Å². The van der Waals surface area contributed by atoms with E-state index in [0.29, 0.717) is 18.9 Å². The minimum absolute atomic E-state index is 0.201. The van der Waals surface area contributed by atoms with Gasteiger partial charge in [-0.25, -0.2) is 0 Å². The minimum atomic E-state index is -4.03. The van der Waals surface area contributed by atoms with Gasteiger partial charge in [-0.05, 0) is 39.3 Å². The third-order valence-electron chi connectivity index (χ3n) is 4.74. The highest BCUT2D eigenvalue weighted by Crippen LogP contribution is 2.35. The summed E-state index contributed by atoms with van der Waals surface area (Å²) < 4.78 is 38.7. The van der Waals surface area contributed by atoms with Gasteiger partial charge in [0.05, 0.1) is 5.92 Å². The number of alkyl halides is 3. The summed E-state index contributed by atoms with van der Waals surface area (Å²) in [5.74, 6) is -1.12. The zero-order chi connectivity index (χ0) is 13.9. The zero-order valence-electron chi connectivity index (χ0n) is 11.7. The molecule has 2 nitrogen and oxygen atoms in total. The number of nitrogens with one attached hydrogen (secondary N) is 1. The van der Waals surface area contributed by atoms with Crippen LogP contribution in [0.25, 0.3) is 0 Å². The maximum atomic E-state index is 12.9. The van der Waals surface area contributed by atoms with Crippen molar-refractivity contribution in [2.75, 3.05) is 20.1 Å². The van der Waals surface area contributed by atoms with Gasteiger partial charge in [-0.3, -0.25) is 4.90 Å². The molecule has 0 spiro atoms. The monoisotopic (exact) mass is 278 g/mol. The summed E-state index contributed by atoms with van der Waals surface area (Å²) in [4.78, 5) is 2.11. The van der Waals surface area contributed by atoms with Crippen LogP contribution in [0.4, 0.5) is 13.2 Å². The van der Waals surface area contributed by atoms with Crippen LogP contribution in [0.15, 0.2) is 0 Å². The summed E-state index contributed by atoms with van der Waals surface area (Å²) in [5, 5.41) is 3.32. The summed E-state index contributed by atoms with van der Waals surface area (Å²) in [5.41, 5.74) is 0. The van der Waals surface area contributed by atoms with Crippen molar-refractivity contribution in [1.82, 2.24) is 10.2 Å². The highest BCUT2D eigenvalue weighted by molar-refractivity contribution is 4.90. The Hall–Kier alpha value is -0.290. The molecule has 0 bridgehead atoms. The molecule has 1 saturated heterocycles. The van der Waals surface area contributed by atoms with Crippen LogP contribution >= 0.6 is 0 Å². The van der Waals surface area contributed by atoms with Crippen LogP contribution in [0.3, 0.4) is 0 Å². The molecule has 112 valence electrons. The Morgan fingerprint density at radius 2 is 1.74 bits per heavy atom. The third kappa shape index (κ3) is 3.85. The Labute approximate surface area is 113 Å². The predicted molar refractivity (Wildman–Crippen MR) is 70.1 cm³/mol. The fourth-order valence-corrected chi connectivity index (χ4v) is 3.64. The smallest absolute Gasteiger partial charge is 0.315 e. The fraction of sp³-hybridized carbons (Fsp3) is 1.00. The Bertz CT molecular complexity index is 280. The number of likely N-dealkylation sites (tertiary alicyclic amines) is 1. The number of nitrogens with zero attached hydrogens (tertiary/aromatic N) is 1. The minimum Gasteiger partial charge on any atom is -0.315 e. The van der Waals surface area contributed by atoms with Crippen molar-refractivity contribution >= 4 is 0 Å². The molecule has 0 amide bonds. The van der Waals surface area contributed by atoms with Crippen molar-refractivity contribution in [3.05, 3.63) is 0 Å². The standard InChI is InChI=1S/C14H25F3N2/c1-18-12-7-3-2-4-8-13(12)19-9-5-6-11(10-19)14(15,16)17/h11-13,18H,2-10H2,1H3. The van der Waals surface area contributed by atoms with Crippen LogP contribution in [0.5, 0.6) is 0 Å². The van der Waals surface area contributed by atoms with E-state index in [9.17, 15) is 13.2 Å². The van der Waals surface area contributed by atoms with Gasteiger partial charge >= 0.3 is 6.18 Å². The highest BCUT2D eigenvalue weighted by atomic mass is 19.4. The summed E-state index contributed by atoms with van der Waals surface area (Å²) >= 11 is 0. The van der Waals surface area contributed by atoms with E-state index in [1.54, 1.807) is 0 Å². The highest BCUT2D eigenvalue weighted by Gasteiger charge is 2.43. The largest absolute Gasteiger partial charge is 0.393 e. The average molecular weight is 278 g/mol. The fourth-order valence-electron chi connectivity index (χ4n) is 3.64. The van der Waals surface area contributed by atoms with E-state index in [-0.39, 0.29) is 12.6 Å². The van der Waals surface area contributed by atoms with E-state index in [4.69, 9.17) is 0 Å². The summed E-state index contributed by atoms with van der Waals surface area (Å²) in [6.07, 6.45) is 2.64. The normalized spacial score (nSPS) is 35.1. The van der Waals surface area contributed by atoms with Gasteiger partial charge in [0.25, 0.3) is 0 Å². The van der Waals surface area contributed by atoms with Crippen molar-refractivity contribution in [1.29, 1.82) is 0 Å². The van der Waals surface area contributed by atoms with E-state index in [2.05, 4.69) is 10.2 Å². The molecule has 2 rings (SSSR count). The van der Waals surface area contributed by atoms with Crippen molar-refractivity contribution in [2.24, 2.45) is 5.92 Å². The van der Waals surface area contributed by atoms with Gasteiger partial charge < -0.3 is 5.32 Å². The van der Waals surface area contributed by atoms with Crippen LogP contribution in [0.2, 0.25) is 0 Å². The quantitative estimate of drug-likeness (QED) is 0.780. The van der Waals surface area contributed by atoms with Crippen molar-refractivity contribution < 1.29 is 13.2 Å². The van der Waals surface area contributed by atoms with Gasteiger partial charge in [-0.2, -0.15) is 13.2 Å². The Morgan fingerprint density at radius 1 is 1.00 bits per heavy atom. The SMILES string of the molecule is CNC1CCCCCC1N1CCCC(C(F)(F)F)C1. The number of piperidine rings is 1. The molecule has 1 heterocycles. The van der Waals surface area contributed by atoms with E-state index in [1.807, 2.05) is 7.05 Å². The first-order chi connectivity index (χ1) is 9.02. The van der Waals surface area contributed by atoms with Crippen LogP contribution in [-0.2, 0) is 0 Å². The van der Waals surface area contributed by atoms with E-state index in [0.717, 1.165) is 25.8 Å². The van der Waals surface area contributed by atoms with Gasteiger partial charge in [-0.15, -0.1) is 0 Å². The molecule has 1 aliphatic carbocycles. The molecule has 19 heavy (non-hydrogen) atoms. The number of halogens is 3. The van der Waals surface area contributed by atoms with Crippen molar-refractivity contribution in [3.63, 3.8) is 0 Å². The second-order valence-corrected chi connectivity index (χ2v) is 5.98. The van der Waals surface area contributed by atoms with E-state index < -0.39 is 12.1 Å². The van der Waals surface area contributed by atoms with Crippen LogP contribution in [-0.4, -0.2) is 43.3 Å². The van der Waals surface area contributed by atoms with E-state index in [1.165, 1.54) is 12.8 Å². The van der Waals surface area contributed by atoms with Crippen LogP contribution in [0, 0.1) is 5.92 Å². The van der Waals surface area contributed by atoms with Crippen molar-refractivity contribution in [2.45, 2.75) is 63.2 Å². The molecule has 0 aromatic rings. The Morgan fingerprint density at radius 3 is 2.42 bits per heavy atom. The second-order valence-electron chi connectivity index (χ2n) is 5.98. The Kier molecular flexibility index (Phi) is 5.12. The van der Waals surface area contributed by atoms with Crippen LogP contribution < -0.4 is 5.32 Å². The first-order valence-corrected chi connectivity index (χ1v) is 7.50. The predicted octanol–water partition coefficient (Wildman–Crippen LogP) is 3.18. The first-order valence-electron chi connectivity index (χ1n) is 7.50. The number of hydrogen-bond acceptors (Lipinski definition) is 2. The second kappa shape index (κ2) is 6.44. The number of rotatable bonds is 2. The summed E-state index contributed by atoms with van der Waals surface area (Å²) in [6.45, 7) is 1.03. The molecule has 1 saturated carbocycles. The van der Waals surface area contributed by atoms with Gasteiger partial charge in [0.2, 0.25) is 0 Å². The lowest BCUT2D eigenvalue weighted by Crippen LogP contribution is -2.53. The van der Waals surface area contributed by atoms with Crippen LogP contribution in [0.1, 0.15) is 44.9 Å². The third-order valence-corrected chi connectivity index (χ3v) is 4.74. The Balaban J connectivity index is 2.02. The summed E-state index contributed by atoms with van der Waals surface area (Å²) in [7, 11) is 1.94. The molecule has 1 N–H and O–H groups in total. The maximum Gasteiger partial charge on any atom is 0.393 e. The molecule has 5 heteroatoms. The molecule has 0 radical (unpaired) electrons. The van der Waals surface area contributed by atoms with E-state index >= 15 is 0 Å². The lowest BCUT2D eigenvalue weighted by Gasteiger charge is -2.41. The molecule has 3 unspecified atom stereocenters. The lowest BCUT2D eigenvalue weighted by atomic mass is 9.93. The number of likely N-dealkylation sites (N-methyl/N-ethyl adjacent to an activating group) is 1. The molecule has 2 fully saturated rings. The molecule has 1 aliphatic heterocycles. The molecule has 2 aliphatic rings. The molecular formula is C14H25F3N2. The average Bonchev–Trinajstić information content (AvgIpc) is 2.62. The first kappa shape index (κ1) is 15.1. The molecule has 0 aromatic carbocycles. The lowest BCUT2D eigenvalue weighted by molar-refractivity contribution is -0.189. The number of hydrogen-bond donors (Lipinski definition) is 1. The maximum absolute atomic E-state index is 12.9. The molecular weight excluding hydrogens is 253 g/mol. The molecule has 3 atom stereocenters. The van der Waals surface area contributed by atoms with Gasteiger partial charge in [0.15, 0.2) is 0 Å². The van der Waals surface area contributed by atoms with Crippen molar-refractivity contribution in [3.8, 4) is 0 Å². The van der Waals surface area contributed by atoms with Gasteiger partial charge in [-0.1, -0.05) is 19.3 Å². The molecule has 0 aromatic heterocycles. The summed E-state index contributed by atoms with van der Waals surface area (Å²) in [6, 6.07) is 0.645. The van der Waals surface area contributed by atoms with Gasteiger partial charge in [0, 0.05) is 18.6 Å².